The van der Waals surface area contributed by atoms with Gasteiger partial charge >= 0.3 is 0 Å². The minimum atomic E-state index is 0.288. The number of benzene rings is 1. The van der Waals surface area contributed by atoms with Gasteiger partial charge in [-0.2, -0.15) is 0 Å². The van der Waals surface area contributed by atoms with Crippen LogP contribution in [0.3, 0.4) is 0 Å². The summed E-state index contributed by atoms with van der Waals surface area (Å²) in [6.45, 7) is 6.28. The van der Waals surface area contributed by atoms with Crippen molar-refractivity contribution in [1.82, 2.24) is 0 Å². The van der Waals surface area contributed by atoms with E-state index in [9.17, 15) is 5.11 Å². The van der Waals surface area contributed by atoms with Crippen LogP contribution in [0, 0.1) is 6.92 Å². The number of aryl methyl sites for hydroxylation is 1. The van der Waals surface area contributed by atoms with Crippen LogP contribution < -0.4 is 0 Å². The first kappa shape index (κ1) is 15.8. The average Bonchev–Trinajstić information content (AvgIpc) is 2.41. The van der Waals surface area contributed by atoms with Crippen molar-refractivity contribution >= 4 is 17.5 Å². The van der Waals surface area contributed by atoms with E-state index in [0.29, 0.717) is 0 Å². The Kier molecular flexibility index (Phi) is 6.71. The molecule has 0 heterocycles. The molecule has 3 heteroatoms. The fraction of sp³-hybridized carbons (Fsp3) is 0.438. The zero-order valence-electron chi connectivity index (χ0n) is 12.2. The lowest BCUT2D eigenvalue weighted by Crippen LogP contribution is -2.05. The van der Waals surface area contributed by atoms with Crippen LogP contribution in [0.25, 0.3) is 0 Å². The molecule has 0 atom stereocenters. The molecule has 2 nitrogen and oxygen atoms in total. The first-order chi connectivity index (χ1) is 9.13. The molecule has 0 aliphatic heterocycles. The van der Waals surface area contributed by atoms with Gasteiger partial charge in [0.05, 0.1) is 5.71 Å². The second-order valence-electron chi connectivity index (χ2n) is 4.43. The van der Waals surface area contributed by atoms with Crippen molar-refractivity contribution in [3.63, 3.8) is 0 Å². The standard InChI is InChI=1S/C16H23NOS/c1-5-7-10-19-15(6-2)16(17-4)14-11-13(18)9-8-12(14)3/h6,8-9,11,18H,5,7,10H2,1-4H3/b15-6-,17-16+. The highest BCUT2D eigenvalue weighted by atomic mass is 32.2. The molecule has 1 aromatic rings. The molecular weight excluding hydrogens is 254 g/mol. The zero-order valence-corrected chi connectivity index (χ0v) is 13.0. The van der Waals surface area contributed by atoms with Crippen LogP contribution in [0.5, 0.6) is 5.75 Å². The number of phenols is 1. The van der Waals surface area contributed by atoms with Gasteiger partial charge in [0.15, 0.2) is 0 Å². The van der Waals surface area contributed by atoms with Gasteiger partial charge in [-0.15, -0.1) is 11.8 Å². The summed E-state index contributed by atoms with van der Waals surface area (Å²) < 4.78 is 0. The number of hydrogen-bond acceptors (Lipinski definition) is 3. The molecule has 0 amide bonds. The summed E-state index contributed by atoms with van der Waals surface area (Å²) in [4.78, 5) is 5.61. The van der Waals surface area contributed by atoms with E-state index in [1.807, 2.05) is 38.7 Å². The molecule has 0 bridgehead atoms. The van der Waals surface area contributed by atoms with Crippen molar-refractivity contribution in [3.8, 4) is 5.75 Å². The van der Waals surface area contributed by atoms with Crippen molar-refractivity contribution in [2.24, 2.45) is 4.99 Å². The molecular formula is C16H23NOS. The van der Waals surface area contributed by atoms with Crippen LogP contribution in [-0.4, -0.2) is 23.6 Å². The minimum absolute atomic E-state index is 0.288. The monoisotopic (exact) mass is 277 g/mol. The summed E-state index contributed by atoms with van der Waals surface area (Å²) in [7, 11) is 1.81. The number of nitrogens with zero attached hydrogens (tertiary/aromatic N) is 1. The lowest BCUT2D eigenvalue weighted by atomic mass is 10.0. The van der Waals surface area contributed by atoms with Crippen LogP contribution in [0.2, 0.25) is 0 Å². The van der Waals surface area contributed by atoms with Crippen molar-refractivity contribution in [2.45, 2.75) is 33.6 Å². The molecule has 0 aliphatic rings. The summed E-state index contributed by atoms with van der Waals surface area (Å²) >= 11 is 1.84. The lowest BCUT2D eigenvalue weighted by Gasteiger charge is -2.13. The van der Waals surface area contributed by atoms with Gasteiger partial charge in [-0.1, -0.05) is 25.5 Å². The predicted octanol–water partition coefficient (Wildman–Crippen LogP) is 4.56. The average molecular weight is 277 g/mol. The molecule has 104 valence electrons. The third-order valence-corrected chi connectivity index (χ3v) is 4.18. The number of rotatable bonds is 6. The largest absolute Gasteiger partial charge is 0.508 e. The van der Waals surface area contributed by atoms with Crippen molar-refractivity contribution in [1.29, 1.82) is 0 Å². The number of aromatic hydroxyl groups is 1. The highest BCUT2D eigenvalue weighted by Gasteiger charge is 2.12. The van der Waals surface area contributed by atoms with Crippen LogP contribution >= 0.6 is 11.8 Å². The third-order valence-electron chi connectivity index (χ3n) is 2.95. The number of unbranched alkanes of at least 4 members (excludes halogenated alkanes) is 1. The van der Waals surface area contributed by atoms with Gasteiger partial charge in [-0.05, 0) is 43.7 Å². The lowest BCUT2D eigenvalue weighted by molar-refractivity contribution is 0.475. The maximum absolute atomic E-state index is 9.67. The summed E-state index contributed by atoms with van der Waals surface area (Å²) in [5.41, 5.74) is 3.12. The van der Waals surface area contributed by atoms with Gasteiger partial charge in [-0.25, -0.2) is 0 Å². The number of thioether (sulfide) groups is 1. The molecule has 1 aromatic carbocycles. The molecule has 0 saturated heterocycles. The Morgan fingerprint density at radius 1 is 1.42 bits per heavy atom. The van der Waals surface area contributed by atoms with E-state index >= 15 is 0 Å². The first-order valence-corrected chi connectivity index (χ1v) is 7.68. The summed E-state index contributed by atoms with van der Waals surface area (Å²) in [5.74, 6) is 1.39. The second kappa shape index (κ2) is 8.05. The number of allylic oxidation sites excluding steroid dienone is 2. The summed E-state index contributed by atoms with van der Waals surface area (Å²) in [5, 5.41) is 9.67. The van der Waals surface area contributed by atoms with Crippen LogP contribution in [0.15, 0.2) is 34.2 Å². The van der Waals surface area contributed by atoms with Crippen LogP contribution in [0.1, 0.15) is 37.8 Å². The maximum atomic E-state index is 9.67. The zero-order chi connectivity index (χ0) is 14.3. The van der Waals surface area contributed by atoms with Crippen LogP contribution in [-0.2, 0) is 0 Å². The molecule has 0 radical (unpaired) electrons. The summed E-state index contributed by atoms with van der Waals surface area (Å²) in [6, 6.07) is 5.44. The molecule has 0 aromatic heterocycles. The fourth-order valence-electron chi connectivity index (χ4n) is 1.84. The third kappa shape index (κ3) is 4.43. The molecule has 1 N–H and O–H groups in total. The van der Waals surface area contributed by atoms with Gasteiger partial charge in [-0.3, -0.25) is 4.99 Å². The quantitative estimate of drug-likeness (QED) is 0.611. The van der Waals surface area contributed by atoms with Gasteiger partial charge in [0, 0.05) is 17.5 Å². The number of phenolic OH excluding ortho intramolecular Hbond substituents is 1. The van der Waals surface area contributed by atoms with E-state index < -0.39 is 0 Å². The normalized spacial score (nSPS) is 12.8. The van der Waals surface area contributed by atoms with E-state index in [4.69, 9.17) is 0 Å². The Morgan fingerprint density at radius 2 is 2.16 bits per heavy atom. The van der Waals surface area contributed by atoms with E-state index in [-0.39, 0.29) is 5.75 Å². The molecule has 0 aliphatic carbocycles. The smallest absolute Gasteiger partial charge is 0.116 e. The van der Waals surface area contributed by atoms with E-state index in [0.717, 1.165) is 22.6 Å². The van der Waals surface area contributed by atoms with Crippen molar-refractivity contribution < 1.29 is 5.11 Å². The first-order valence-electron chi connectivity index (χ1n) is 6.70. The van der Waals surface area contributed by atoms with E-state index in [1.54, 1.807) is 12.1 Å². The van der Waals surface area contributed by atoms with Crippen molar-refractivity contribution in [2.75, 3.05) is 12.8 Å². The highest BCUT2D eigenvalue weighted by Crippen LogP contribution is 2.26. The Balaban J connectivity index is 3.02. The molecule has 1 rings (SSSR count). The Bertz CT molecular complexity index is 478. The Morgan fingerprint density at radius 3 is 2.74 bits per heavy atom. The SMILES string of the molecule is C/C=C(SCCCC)/C(=N/C)c1cc(O)ccc1C. The topological polar surface area (TPSA) is 32.6 Å². The van der Waals surface area contributed by atoms with Crippen LogP contribution in [0.4, 0.5) is 0 Å². The maximum Gasteiger partial charge on any atom is 0.116 e. The van der Waals surface area contributed by atoms with Gasteiger partial charge in [0.1, 0.15) is 5.75 Å². The Hall–Kier alpha value is -1.22. The summed E-state index contributed by atoms with van der Waals surface area (Å²) in [6.07, 6.45) is 4.51. The molecule has 0 saturated carbocycles. The minimum Gasteiger partial charge on any atom is -0.508 e. The Labute approximate surface area is 120 Å². The van der Waals surface area contributed by atoms with Crippen molar-refractivity contribution in [3.05, 3.63) is 40.3 Å². The van der Waals surface area contributed by atoms with Gasteiger partial charge in [0.25, 0.3) is 0 Å². The predicted molar refractivity (Wildman–Crippen MR) is 86.4 cm³/mol. The fourth-order valence-corrected chi connectivity index (χ4v) is 3.00. The molecule has 0 spiro atoms. The molecule has 0 fully saturated rings. The molecule has 0 unspecified atom stereocenters. The van der Waals surface area contributed by atoms with Gasteiger partial charge in [0.2, 0.25) is 0 Å². The van der Waals surface area contributed by atoms with E-state index in [1.165, 1.54) is 17.7 Å². The van der Waals surface area contributed by atoms with E-state index in [2.05, 4.69) is 18.0 Å². The van der Waals surface area contributed by atoms with Gasteiger partial charge < -0.3 is 5.11 Å². The number of hydrogen-bond donors (Lipinski definition) is 1. The number of aliphatic imine (C=N–C) groups is 1. The molecule has 19 heavy (non-hydrogen) atoms. The second-order valence-corrected chi connectivity index (χ2v) is 5.56. The highest BCUT2D eigenvalue weighted by molar-refractivity contribution is 8.04.